The van der Waals surface area contributed by atoms with Crippen LogP contribution in [0.15, 0.2) is 64.7 Å². The largest absolute Gasteiger partial charge is 0.497 e. The molecule has 0 aliphatic heterocycles. The Morgan fingerprint density at radius 3 is 2.62 bits per heavy atom. The Balaban J connectivity index is 1.38. The molecule has 0 spiro atoms. The van der Waals surface area contributed by atoms with E-state index in [-0.39, 0.29) is 17.2 Å². The first kappa shape index (κ1) is 21.6. The number of aromatic amines is 1. The molecule has 2 aromatic heterocycles. The van der Waals surface area contributed by atoms with Gasteiger partial charge in [0.05, 0.1) is 24.7 Å². The van der Waals surface area contributed by atoms with E-state index in [0.29, 0.717) is 22.7 Å². The van der Waals surface area contributed by atoms with E-state index in [0.717, 1.165) is 29.0 Å². The average Bonchev–Trinajstić information content (AvgIpc) is 3.23. The number of methoxy groups -OCH3 is 1. The normalized spacial score (nSPS) is 10.9. The minimum Gasteiger partial charge on any atom is -0.497 e. The van der Waals surface area contributed by atoms with Gasteiger partial charge in [-0.05, 0) is 43.2 Å². The van der Waals surface area contributed by atoms with E-state index in [1.807, 2.05) is 55.5 Å². The SMILES string of the molecule is COc1ccc(CCNC(=O)CSc2nc3c(cnn3-c3ccc(C)cc3)c(=O)[nH]2)cc1. The van der Waals surface area contributed by atoms with Crippen molar-refractivity contribution in [1.82, 2.24) is 25.1 Å². The number of rotatable bonds is 8. The average molecular weight is 450 g/mol. The fourth-order valence-corrected chi connectivity index (χ4v) is 3.85. The molecule has 0 unspecified atom stereocenters. The number of amides is 1. The Bertz CT molecular complexity index is 1280. The molecule has 2 N–H and O–H groups in total. The number of H-pyrrole nitrogens is 1. The highest BCUT2D eigenvalue weighted by Gasteiger charge is 2.13. The van der Waals surface area contributed by atoms with Crippen LogP contribution in [-0.4, -0.2) is 45.1 Å². The summed E-state index contributed by atoms with van der Waals surface area (Å²) in [4.78, 5) is 31.9. The van der Waals surface area contributed by atoms with Crippen molar-refractivity contribution in [3.05, 3.63) is 76.2 Å². The number of fused-ring (bicyclic) bond motifs is 1. The van der Waals surface area contributed by atoms with Crippen molar-refractivity contribution in [3.8, 4) is 11.4 Å². The number of hydrogen-bond donors (Lipinski definition) is 2. The Morgan fingerprint density at radius 2 is 1.91 bits per heavy atom. The molecule has 1 amide bonds. The molecule has 0 saturated carbocycles. The summed E-state index contributed by atoms with van der Waals surface area (Å²) in [6.45, 7) is 2.53. The van der Waals surface area contributed by atoms with Crippen LogP contribution in [-0.2, 0) is 11.2 Å². The maximum atomic E-state index is 12.4. The van der Waals surface area contributed by atoms with Crippen LogP contribution in [0.2, 0.25) is 0 Å². The highest BCUT2D eigenvalue weighted by atomic mass is 32.2. The number of nitrogens with zero attached hydrogens (tertiary/aromatic N) is 3. The number of ether oxygens (including phenoxy) is 1. The maximum Gasteiger partial charge on any atom is 0.262 e. The number of thioether (sulfide) groups is 1. The van der Waals surface area contributed by atoms with Crippen molar-refractivity contribution < 1.29 is 9.53 Å². The maximum absolute atomic E-state index is 12.4. The van der Waals surface area contributed by atoms with Gasteiger partial charge in [0, 0.05) is 6.54 Å². The molecule has 4 aromatic rings. The third-order valence-electron chi connectivity index (χ3n) is 4.93. The highest BCUT2D eigenvalue weighted by Crippen LogP contribution is 2.18. The Hall–Kier alpha value is -3.59. The second-order valence-corrected chi connectivity index (χ2v) is 8.20. The third-order valence-corrected chi connectivity index (χ3v) is 5.80. The first-order valence-corrected chi connectivity index (χ1v) is 11.1. The van der Waals surface area contributed by atoms with E-state index in [1.165, 1.54) is 18.0 Å². The lowest BCUT2D eigenvalue weighted by atomic mass is 10.1. The van der Waals surface area contributed by atoms with E-state index >= 15 is 0 Å². The number of carbonyl (C=O) groups is 1. The summed E-state index contributed by atoms with van der Waals surface area (Å²) < 4.78 is 6.77. The minimum atomic E-state index is -0.282. The van der Waals surface area contributed by atoms with E-state index in [9.17, 15) is 9.59 Å². The van der Waals surface area contributed by atoms with Crippen molar-refractivity contribution in [2.24, 2.45) is 0 Å². The van der Waals surface area contributed by atoms with Gasteiger partial charge < -0.3 is 15.0 Å². The molecule has 2 aromatic carbocycles. The van der Waals surface area contributed by atoms with Crippen LogP contribution in [0.25, 0.3) is 16.7 Å². The lowest BCUT2D eigenvalue weighted by molar-refractivity contribution is -0.118. The number of benzene rings is 2. The number of carbonyl (C=O) groups excluding carboxylic acids is 1. The van der Waals surface area contributed by atoms with Gasteiger partial charge >= 0.3 is 0 Å². The Kier molecular flexibility index (Phi) is 6.55. The van der Waals surface area contributed by atoms with E-state index in [1.54, 1.807) is 11.8 Å². The lowest BCUT2D eigenvalue weighted by Gasteiger charge is -2.07. The molecule has 0 radical (unpaired) electrons. The summed E-state index contributed by atoms with van der Waals surface area (Å²) in [5.74, 6) is 0.824. The lowest BCUT2D eigenvalue weighted by Crippen LogP contribution is -2.27. The van der Waals surface area contributed by atoms with E-state index in [4.69, 9.17) is 4.74 Å². The van der Waals surface area contributed by atoms with Gasteiger partial charge in [0.1, 0.15) is 11.1 Å². The second-order valence-electron chi connectivity index (χ2n) is 7.24. The third kappa shape index (κ3) is 5.00. The highest BCUT2D eigenvalue weighted by molar-refractivity contribution is 7.99. The van der Waals surface area contributed by atoms with E-state index < -0.39 is 0 Å². The summed E-state index contributed by atoms with van der Waals surface area (Å²) >= 11 is 1.18. The second kappa shape index (κ2) is 9.69. The van der Waals surface area contributed by atoms with Crippen LogP contribution in [0.4, 0.5) is 0 Å². The predicted octanol–water partition coefficient (Wildman–Crippen LogP) is 2.88. The van der Waals surface area contributed by atoms with Gasteiger partial charge in [0.15, 0.2) is 10.8 Å². The molecule has 0 fully saturated rings. The zero-order chi connectivity index (χ0) is 22.5. The van der Waals surface area contributed by atoms with E-state index in [2.05, 4.69) is 20.4 Å². The predicted molar refractivity (Wildman–Crippen MR) is 125 cm³/mol. The summed E-state index contributed by atoms with van der Waals surface area (Å²) in [6.07, 6.45) is 2.22. The van der Waals surface area contributed by atoms with Crippen LogP contribution in [0, 0.1) is 6.92 Å². The van der Waals surface area contributed by atoms with Crippen LogP contribution in [0.3, 0.4) is 0 Å². The van der Waals surface area contributed by atoms with Crippen LogP contribution >= 0.6 is 11.8 Å². The van der Waals surface area contributed by atoms with Gasteiger partial charge in [0.25, 0.3) is 5.56 Å². The molecule has 0 aliphatic carbocycles. The molecule has 4 rings (SSSR count). The fourth-order valence-electron chi connectivity index (χ4n) is 3.17. The van der Waals surface area contributed by atoms with Crippen LogP contribution in [0.5, 0.6) is 5.75 Å². The molecular formula is C23H23N5O3S. The zero-order valence-electron chi connectivity index (χ0n) is 17.8. The van der Waals surface area contributed by atoms with Crippen LogP contribution in [0.1, 0.15) is 11.1 Å². The summed E-state index contributed by atoms with van der Waals surface area (Å²) in [7, 11) is 1.63. The first-order chi connectivity index (χ1) is 15.5. The van der Waals surface area contributed by atoms with Gasteiger partial charge in [-0.1, -0.05) is 41.6 Å². The molecule has 0 atom stereocenters. The fraction of sp³-hybridized carbons (Fsp3) is 0.217. The molecule has 32 heavy (non-hydrogen) atoms. The number of aromatic nitrogens is 4. The Labute approximate surface area is 189 Å². The minimum absolute atomic E-state index is 0.127. The molecule has 0 saturated heterocycles. The van der Waals surface area contributed by atoms with Gasteiger partial charge in [-0.25, -0.2) is 9.67 Å². The van der Waals surface area contributed by atoms with Crippen LogP contribution < -0.4 is 15.6 Å². The molecule has 0 aliphatic rings. The monoisotopic (exact) mass is 449 g/mol. The first-order valence-electron chi connectivity index (χ1n) is 10.1. The number of hydrogen-bond acceptors (Lipinski definition) is 6. The molecule has 9 heteroatoms. The molecule has 2 heterocycles. The Morgan fingerprint density at radius 1 is 1.16 bits per heavy atom. The van der Waals surface area contributed by atoms with Crippen molar-refractivity contribution in [2.45, 2.75) is 18.5 Å². The van der Waals surface area contributed by atoms with Gasteiger partial charge in [0.2, 0.25) is 5.91 Å². The van der Waals surface area contributed by atoms with Crippen molar-refractivity contribution in [2.75, 3.05) is 19.4 Å². The summed E-state index contributed by atoms with van der Waals surface area (Å²) in [5.41, 5.74) is 3.23. The van der Waals surface area contributed by atoms with Crippen molar-refractivity contribution in [1.29, 1.82) is 0 Å². The zero-order valence-corrected chi connectivity index (χ0v) is 18.6. The standard InChI is InChI=1S/C23H23N5O3S/c1-15-3-7-17(8-4-15)28-21-19(13-25-28)22(30)27-23(26-21)32-14-20(29)24-12-11-16-5-9-18(31-2)10-6-16/h3-10,13H,11-12,14H2,1-2H3,(H,24,29)(H,26,27,30). The van der Waals surface area contributed by atoms with Gasteiger partial charge in [-0.3, -0.25) is 9.59 Å². The number of nitrogens with one attached hydrogen (secondary N) is 2. The quantitative estimate of drug-likeness (QED) is 0.317. The van der Waals surface area contributed by atoms with Crippen molar-refractivity contribution in [3.63, 3.8) is 0 Å². The van der Waals surface area contributed by atoms with Crippen molar-refractivity contribution >= 4 is 28.7 Å². The molecule has 8 nitrogen and oxygen atoms in total. The smallest absolute Gasteiger partial charge is 0.262 e. The van der Waals surface area contributed by atoms with Gasteiger partial charge in [-0.15, -0.1) is 0 Å². The molecular weight excluding hydrogens is 426 g/mol. The molecule has 164 valence electrons. The summed E-state index contributed by atoms with van der Waals surface area (Å²) in [6, 6.07) is 15.5. The van der Waals surface area contributed by atoms with Gasteiger partial charge in [-0.2, -0.15) is 5.10 Å². The topological polar surface area (TPSA) is 102 Å². The number of aryl methyl sites for hydroxylation is 1. The molecule has 0 bridgehead atoms. The summed E-state index contributed by atoms with van der Waals surface area (Å²) in [5, 5.41) is 7.98.